The highest BCUT2D eigenvalue weighted by Crippen LogP contribution is 2.28. The fourth-order valence-electron chi connectivity index (χ4n) is 2.07. The first-order valence-electron chi connectivity index (χ1n) is 6.40. The minimum Gasteiger partial charge on any atom is -0.487 e. The Hall–Kier alpha value is -1.48. The molecule has 0 unspecified atom stereocenters. The fourth-order valence-corrected chi connectivity index (χ4v) is 2.29. The van der Waals surface area contributed by atoms with Crippen molar-refractivity contribution >= 4 is 11.6 Å². The zero-order valence-electron chi connectivity index (χ0n) is 11.8. The quantitative estimate of drug-likeness (QED) is 0.842. The molecule has 2 aromatic rings. The Morgan fingerprint density at radius 1 is 1.32 bits per heavy atom. The van der Waals surface area contributed by atoms with Crippen molar-refractivity contribution in [1.82, 2.24) is 9.78 Å². The van der Waals surface area contributed by atoms with Gasteiger partial charge in [0.05, 0.1) is 16.4 Å². The first-order chi connectivity index (χ1) is 9.00. The van der Waals surface area contributed by atoms with Crippen molar-refractivity contribution in [2.24, 2.45) is 7.05 Å². The molecule has 1 aromatic heterocycles. The molecule has 3 nitrogen and oxygen atoms in total. The number of benzene rings is 1. The molecule has 0 saturated heterocycles. The van der Waals surface area contributed by atoms with Gasteiger partial charge in [0.15, 0.2) is 0 Å². The Morgan fingerprint density at radius 3 is 2.58 bits per heavy atom. The summed E-state index contributed by atoms with van der Waals surface area (Å²) >= 11 is 6.22. The maximum absolute atomic E-state index is 6.22. The van der Waals surface area contributed by atoms with Crippen molar-refractivity contribution in [1.29, 1.82) is 0 Å². The molecule has 0 radical (unpaired) electrons. The molecule has 102 valence electrons. The number of ether oxygens (including phenoxy) is 1. The lowest BCUT2D eigenvalue weighted by Gasteiger charge is -2.14. The summed E-state index contributed by atoms with van der Waals surface area (Å²) in [5.41, 5.74) is 2.94. The molecule has 0 atom stereocenters. The van der Waals surface area contributed by atoms with Crippen LogP contribution in [0.25, 0.3) is 0 Å². The fraction of sp³-hybridized carbons (Fsp3) is 0.400. The van der Waals surface area contributed by atoms with E-state index in [-0.39, 0.29) is 0 Å². The van der Waals surface area contributed by atoms with Crippen LogP contribution in [0, 0.1) is 6.92 Å². The summed E-state index contributed by atoms with van der Waals surface area (Å²) in [7, 11) is 1.88. The van der Waals surface area contributed by atoms with Crippen molar-refractivity contribution in [3.8, 4) is 5.75 Å². The van der Waals surface area contributed by atoms with Gasteiger partial charge in [0.1, 0.15) is 12.4 Å². The summed E-state index contributed by atoms with van der Waals surface area (Å²) in [6, 6.07) is 8.10. The number of rotatable bonds is 4. The third-order valence-corrected chi connectivity index (χ3v) is 3.66. The summed E-state index contributed by atoms with van der Waals surface area (Å²) in [6.45, 7) is 6.64. The van der Waals surface area contributed by atoms with Crippen LogP contribution < -0.4 is 4.74 Å². The van der Waals surface area contributed by atoms with Crippen LogP contribution >= 0.6 is 11.6 Å². The van der Waals surface area contributed by atoms with Crippen molar-refractivity contribution in [2.75, 3.05) is 0 Å². The van der Waals surface area contributed by atoms with Gasteiger partial charge in [-0.05, 0) is 24.5 Å². The average molecular weight is 279 g/mol. The number of nitrogens with zero attached hydrogens (tertiary/aromatic N) is 2. The Morgan fingerprint density at radius 2 is 2.00 bits per heavy atom. The number of para-hydroxylation sites is 1. The summed E-state index contributed by atoms with van der Waals surface area (Å²) in [5.74, 6) is 1.34. The second-order valence-corrected chi connectivity index (χ2v) is 5.33. The van der Waals surface area contributed by atoms with Crippen molar-refractivity contribution in [3.05, 3.63) is 46.2 Å². The minimum atomic E-state index is 0.430. The Kier molecular flexibility index (Phi) is 4.15. The summed E-state index contributed by atoms with van der Waals surface area (Å²) in [4.78, 5) is 0. The average Bonchev–Trinajstić information content (AvgIpc) is 2.61. The van der Waals surface area contributed by atoms with Crippen LogP contribution in [0.3, 0.4) is 0 Å². The first kappa shape index (κ1) is 13.9. The van der Waals surface area contributed by atoms with Gasteiger partial charge in [-0.3, -0.25) is 4.68 Å². The van der Waals surface area contributed by atoms with Gasteiger partial charge in [0, 0.05) is 7.05 Å². The highest BCUT2D eigenvalue weighted by Gasteiger charge is 2.13. The SMILES string of the molecule is Cc1nn(C)c(COc2ccccc2C(C)C)c1Cl. The molecule has 1 heterocycles. The molecule has 0 fully saturated rings. The molecule has 0 bridgehead atoms. The largest absolute Gasteiger partial charge is 0.487 e. The van der Waals surface area contributed by atoms with E-state index >= 15 is 0 Å². The van der Waals surface area contributed by atoms with Crippen molar-refractivity contribution in [2.45, 2.75) is 33.3 Å². The summed E-state index contributed by atoms with van der Waals surface area (Å²) in [5, 5.41) is 4.97. The van der Waals surface area contributed by atoms with Crippen LogP contribution in [0.15, 0.2) is 24.3 Å². The van der Waals surface area contributed by atoms with E-state index in [9.17, 15) is 0 Å². The van der Waals surface area contributed by atoms with Gasteiger partial charge < -0.3 is 4.74 Å². The zero-order chi connectivity index (χ0) is 14.0. The Labute approximate surface area is 119 Å². The number of hydrogen-bond acceptors (Lipinski definition) is 2. The molecule has 0 aliphatic rings. The topological polar surface area (TPSA) is 27.1 Å². The van der Waals surface area contributed by atoms with Crippen LogP contribution in [0.4, 0.5) is 0 Å². The minimum absolute atomic E-state index is 0.430. The second-order valence-electron chi connectivity index (χ2n) is 4.95. The Bertz CT molecular complexity index is 576. The van der Waals surface area contributed by atoms with E-state index in [1.165, 1.54) is 5.56 Å². The van der Waals surface area contributed by atoms with Crippen LogP contribution in [0.5, 0.6) is 5.75 Å². The van der Waals surface area contributed by atoms with Gasteiger partial charge in [-0.15, -0.1) is 0 Å². The summed E-state index contributed by atoms with van der Waals surface area (Å²) in [6.07, 6.45) is 0. The van der Waals surface area contributed by atoms with Gasteiger partial charge in [0.2, 0.25) is 0 Å². The van der Waals surface area contributed by atoms with Crippen molar-refractivity contribution < 1.29 is 4.74 Å². The predicted molar refractivity (Wildman–Crippen MR) is 77.8 cm³/mol. The van der Waals surface area contributed by atoms with E-state index in [2.05, 4.69) is 25.0 Å². The normalized spacial score (nSPS) is 11.1. The van der Waals surface area contributed by atoms with Gasteiger partial charge in [-0.2, -0.15) is 5.10 Å². The molecule has 2 rings (SSSR count). The first-order valence-corrected chi connectivity index (χ1v) is 6.78. The van der Waals surface area contributed by atoms with Crippen molar-refractivity contribution in [3.63, 3.8) is 0 Å². The molecule has 0 aliphatic carbocycles. The van der Waals surface area contributed by atoms with E-state index in [4.69, 9.17) is 16.3 Å². The van der Waals surface area contributed by atoms with Gasteiger partial charge >= 0.3 is 0 Å². The number of aryl methyl sites for hydroxylation is 2. The number of aromatic nitrogens is 2. The molecular weight excluding hydrogens is 260 g/mol. The molecule has 19 heavy (non-hydrogen) atoms. The van der Waals surface area contributed by atoms with E-state index in [1.807, 2.05) is 32.2 Å². The van der Waals surface area contributed by atoms with E-state index in [0.29, 0.717) is 17.5 Å². The van der Waals surface area contributed by atoms with Gasteiger partial charge in [0.25, 0.3) is 0 Å². The zero-order valence-corrected chi connectivity index (χ0v) is 12.5. The van der Waals surface area contributed by atoms with Crippen LogP contribution in [0.2, 0.25) is 5.02 Å². The standard InChI is InChI=1S/C15H19ClN2O/c1-10(2)12-7-5-6-8-14(12)19-9-13-15(16)11(3)17-18(13)4/h5-8,10H,9H2,1-4H3. The molecule has 0 N–H and O–H groups in total. The van der Waals surface area contributed by atoms with Crippen LogP contribution in [-0.2, 0) is 13.7 Å². The maximum Gasteiger partial charge on any atom is 0.131 e. The van der Waals surface area contributed by atoms with E-state index in [1.54, 1.807) is 4.68 Å². The van der Waals surface area contributed by atoms with E-state index in [0.717, 1.165) is 17.1 Å². The molecule has 0 amide bonds. The predicted octanol–water partition coefficient (Wildman–Crippen LogP) is 4.08. The van der Waals surface area contributed by atoms with Crippen LogP contribution in [-0.4, -0.2) is 9.78 Å². The molecule has 4 heteroatoms. The monoisotopic (exact) mass is 278 g/mol. The number of hydrogen-bond donors (Lipinski definition) is 0. The highest BCUT2D eigenvalue weighted by molar-refractivity contribution is 6.31. The lowest BCUT2D eigenvalue weighted by atomic mass is 10.0. The second kappa shape index (κ2) is 5.66. The highest BCUT2D eigenvalue weighted by atomic mass is 35.5. The molecule has 0 saturated carbocycles. The van der Waals surface area contributed by atoms with E-state index < -0.39 is 0 Å². The Balaban J connectivity index is 2.19. The smallest absolute Gasteiger partial charge is 0.131 e. The molecule has 0 aliphatic heterocycles. The van der Waals surface area contributed by atoms with Gasteiger partial charge in [-0.1, -0.05) is 43.6 Å². The number of halogens is 1. The molecular formula is C15H19ClN2O. The lowest BCUT2D eigenvalue weighted by molar-refractivity contribution is 0.291. The summed E-state index contributed by atoms with van der Waals surface area (Å²) < 4.78 is 7.69. The molecule has 1 aromatic carbocycles. The molecule has 0 spiro atoms. The van der Waals surface area contributed by atoms with Crippen LogP contribution in [0.1, 0.15) is 36.7 Å². The third-order valence-electron chi connectivity index (χ3n) is 3.17. The maximum atomic E-state index is 6.22. The lowest BCUT2D eigenvalue weighted by Crippen LogP contribution is -2.05. The third kappa shape index (κ3) is 2.92. The van der Waals surface area contributed by atoms with Gasteiger partial charge in [-0.25, -0.2) is 0 Å².